The van der Waals surface area contributed by atoms with Crippen molar-refractivity contribution in [3.63, 3.8) is 0 Å². The van der Waals surface area contributed by atoms with Gasteiger partial charge in [0.1, 0.15) is 12.3 Å². The highest BCUT2D eigenvalue weighted by Crippen LogP contribution is 2.30. The number of sulfonamides is 2. The van der Waals surface area contributed by atoms with Crippen LogP contribution >= 0.6 is 0 Å². The molecular weight excluding hydrogens is 478 g/mol. The second kappa shape index (κ2) is 10.7. The summed E-state index contributed by atoms with van der Waals surface area (Å²) < 4.78 is 58.9. The van der Waals surface area contributed by atoms with Crippen LogP contribution in [0.1, 0.15) is 31.7 Å². The second-order valence-corrected chi connectivity index (χ2v) is 12.0. The summed E-state index contributed by atoms with van der Waals surface area (Å²) in [6.45, 7) is 2.34. The van der Waals surface area contributed by atoms with E-state index in [1.807, 2.05) is 19.1 Å². The SMILES string of the molecule is CCc1ccccc1N(CC(=O)Nc1cc(S(=O)(=O)N2CCCCC2)ccc1OC)S(C)(=O)=O. The minimum Gasteiger partial charge on any atom is -0.495 e. The smallest absolute Gasteiger partial charge is 0.245 e. The Hall–Kier alpha value is -2.63. The molecule has 1 saturated heterocycles. The molecule has 1 aliphatic rings. The lowest BCUT2D eigenvalue weighted by Gasteiger charge is -2.26. The zero-order chi connectivity index (χ0) is 24.9. The summed E-state index contributed by atoms with van der Waals surface area (Å²) in [5.74, 6) is -0.354. The Morgan fingerprint density at radius 3 is 2.35 bits per heavy atom. The maximum absolute atomic E-state index is 13.1. The van der Waals surface area contributed by atoms with Gasteiger partial charge in [-0.2, -0.15) is 4.31 Å². The molecule has 1 N–H and O–H groups in total. The maximum atomic E-state index is 13.1. The fraction of sp³-hybridized carbons (Fsp3) is 0.435. The van der Waals surface area contributed by atoms with Crippen molar-refractivity contribution in [2.45, 2.75) is 37.5 Å². The van der Waals surface area contributed by atoms with Crippen LogP contribution in [0.5, 0.6) is 5.75 Å². The summed E-state index contributed by atoms with van der Waals surface area (Å²) in [5.41, 5.74) is 1.37. The predicted molar refractivity (Wildman–Crippen MR) is 132 cm³/mol. The molecular formula is C23H31N3O6S2. The number of hydrogen-bond donors (Lipinski definition) is 1. The van der Waals surface area contributed by atoms with Gasteiger partial charge in [-0.25, -0.2) is 16.8 Å². The molecule has 2 aromatic carbocycles. The maximum Gasteiger partial charge on any atom is 0.245 e. The van der Waals surface area contributed by atoms with Crippen LogP contribution in [0, 0.1) is 0 Å². The molecule has 1 heterocycles. The quantitative estimate of drug-likeness (QED) is 0.556. The molecule has 0 bridgehead atoms. The van der Waals surface area contributed by atoms with E-state index in [2.05, 4.69) is 5.32 Å². The number of nitrogens with zero attached hydrogens (tertiary/aromatic N) is 2. The Bertz CT molecular complexity index is 1240. The summed E-state index contributed by atoms with van der Waals surface area (Å²) >= 11 is 0. The molecule has 0 aliphatic carbocycles. The number of carbonyl (C=O) groups is 1. The van der Waals surface area contributed by atoms with Gasteiger partial charge in [0, 0.05) is 13.1 Å². The summed E-state index contributed by atoms with van der Waals surface area (Å²) in [6.07, 6.45) is 4.24. The minimum atomic E-state index is -3.76. The van der Waals surface area contributed by atoms with Crippen molar-refractivity contribution in [3.8, 4) is 5.75 Å². The topological polar surface area (TPSA) is 113 Å². The van der Waals surface area contributed by atoms with Crippen molar-refractivity contribution in [1.29, 1.82) is 0 Å². The molecule has 9 nitrogen and oxygen atoms in total. The van der Waals surface area contributed by atoms with E-state index in [0.717, 1.165) is 35.4 Å². The summed E-state index contributed by atoms with van der Waals surface area (Å²) in [7, 11) is -6.08. The Morgan fingerprint density at radius 2 is 1.74 bits per heavy atom. The molecule has 0 unspecified atom stereocenters. The van der Waals surface area contributed by atoms with Gasteiger partial charge in [-0.15, -0.1) is 0 Å². The predicted octanol–water partition coefficient (Wildman–Crippen LogP) is 2.84. The fourth-order valence-electron chi connectivity index (χ4n) is 3.95. The van der Waals surface area contributed by atoms with Crippen LogP contribution in [-0.4, -0.2) is 60.0 Å². The number of methoxy groups -OCH3 is 1. The van der Waals surface area contributed by atoms with Crippen LogP contribution in [0.3, 0.4) is 0 Å². The monoisotopic (exact) mass is 509 g/mol. The third kappa shape index (κ3) is 5.89. The van der Waals surface area contributed by atoms with Crippen molar-refractivity contribution < 1.29 is 26.4 Å². The van der Waals surface area contributed by atoms with Gasteiger partial charge in [-0.05, 0) is 49.1 Å². The molecule has 0 spiro atoms. The van der Waals surface area contributed by atoms with E-state index in [9.17, 15) is 21.6 Å². The van der Waals surface area contributed by atoms with Gasteiger partial charge < -0.3 is 10.1 Å². The molecule has 34 heavy (non-hydrogen) atoms. The molecule has 1 aliphatic heterocycles. The average molecular weight is 510 g/mol. The lowest BCUT2D eigenvalue weighted by molar-refractivity contribution is -0.114. The van der Waals surface area contributed by atoms with Crippen molar-refractivity contribution in [2.75, 3.05) is 42.6 Å². The molecule has 186 valence electrons. The number of nitrogens with one attached hydrogen (secondary N) is 1. The molecule has 1 amide bonds. The third-order valence-electron chi connectivity index (χ3n) is 5.73. The van der Waals surface area contributed by atoms with E-state index in [4.69, 9.17) is 4.74 Å². The summed E-state index contributed by atoms with van der Waals surface area (Å²) in [6, 6.07) is 11.3. The van der Waals surface area contributed by atoms with E-state index in [1.54, 1.807) is 12.1 Å². The van der Waals surface area contributed by atoms with E-state index in [-0.39, 0.29) is 16.3 Å². The lowest BCUT2D eigenvalue weighted by atomic mass is 10.1. The number of carbonyl (C=O) groups excluding carboxylic acids is 1. The molecule has 0 saturated carbocycles. The molecule has 0 radical (unpaired) electrons. The normalized spacial score (nSPS) is 15.0. The van der Waals surface area contributed by atoms with Gasteiger partial charge >= 0.3 is 0 Å². The summed E-state index contributed by atoms with van der Waals surface area (Å²) in [4.78, 5) is 13.0. The van der Waals surface area contributed by atoms with Gasteiger partial charge in [0.05, 0.1) is 29.6 Å². The van der Waals surface area contributed by atoms with E-state index in [0.29, 0.717) is 25.2 Å². The van der Waals surface area contributed by atoms with Crippen molar-refractivity contribution in [3.05, 3.63) is 48.0 Å². The Morgan fingerprint density at radius 1 is 1.06 bits per heavy atom. The number of benzene rings is 2. The first-order valence-corrected chi connectivity index (χ1v) is 14.4. The highest BCUT2D eigenvalue weighted by Gasteiger charge is 2.28. The number of anilines is 2. The number of para-hydroxylation sites is 1. The second-order valence-electron chi connectivity index (χ2n) is 8.13. The van der Waals surface area contributed by atoms with Crippen LogP contribution in [-0.2, 0) is 31.3 Å². The van der Waals surface area contributed by atoms with Crippen LogP contribution in [0.25, 0.3) is 0 Å². The summed E-state index contributed by atoms with van der Waals surface area (Å²) in [5, 5.41) is 2.63. The van der Waals surface area contributed by atoms with Crippen molar-refractivity contribution in [1.82, 2.24) is 4.31 Å². The first-order valence-electron chi connectivity index (χ1n) is 11.1. The molecule has 3 rings (SSSR count). The lowest BCUT2D eigenvalue weighted by Crippen LogP contribution is -2.38. The number of rotatable bonds is 9. The van der Waals surface area contributed by atoms with E-state index < -0.39 is 32.5 Å². The van der Waals surface area contributed by atoms with Gasteiger partial charge in [0.2, 0.25) is 26.0 Å². The van der Waals surface area contributed by atoms with Crippen LogP contribution in [0.4, 0.5) is 11.4 Å². The third-order valence-corrected chi connectivity index (χ3v) is 8.75. The number of aryl methyl sites for hydroxylation is 1. The van der Waals surface area contributed by atoms with Crippen molar-refractivity contribution in [2.24, 2.45) is 0 Å². The average Bonchev–Trinajstić information content (AvgIpc) is 2.82. The number of amides is 1. The van der Waals surface area contributed by atoms with Crippen LogP contribution < -0.4 is 14.4 Å². The number of piperidine rings is 1. The Balaban J connectivity index is 1.89. The largest absolute Gasteiger partial charge is 0.495 e. The highest BCUT2D eigenvalue weighted by molar-refractivity contribution is 7.92. The molecule has 0 atom stereocenters. The van der Waals surface area contributed by atoms with Crippen molar-refractivity contribution >= 4 is 37.3 Å². The van der Waals surface area contributed by atoms with E-state index >= 15 is 0 Å². The van der Waals surface area contributed by atoms with Gasteiger partial charge in [-0.3, -0.25) is 9.10 Å². The highest BCUT2D eigenvalue weighted by atomic mass is 32.2. The van der Waals surface area contributed by atoms with Crippen LogP contribution in [0.2, 0.25) is 0 Å². The number of ether oxygens (including phenoxy) is 1. The van der Waals surface area contributed by atoms with Gasteiger partial charge in [0.15, 0.2) is 0 Å². The van der Waals surface area contributed by atoms with E-state index in [1.165, 1.54) is 29.6 Å². The first kappa shape index (κ1) is 26.0. The van der Waals surface area contributed by atoms with Gasteiger partial charge in [0.25, 0.3) is 0 Å². The zero-order valence-corrected chi connectivity index (χ0v) is 21.3. The molecule has 11 heteroatoms. The fourth-order valence-corrected chi connectivity index (χ4v) is 6.38. The standard InChI is InChI=1S/C23H31N3O6S2/c1-4-18-10-6-7-11-21(18)26(33(3,28)29)17-23(27)24-20-16-19(12-13-22(20)32-2)34(30,31)25-14-8-5-9-15-25/h6-7,10-13,16H,4-5,8-9,14-15,17H2,1-3H3,(H,24,27). The number of hydrogen-bond acceptors (Lipinski definition) is 6. The minimum absolute atomic E-state index is 0.0433. The van der Waals surface area contributed by atoms with Gasteiger partial charge in [-0.1, -0.05) is 31.5 Å². The first-order chi connectivity index (χ1) is 16.1. The molecule has 0 aromatic heterocycles. The zero-order valence-electron chi connectivity index (χ0n) is 19.7. The van der Waals surface area contributed by atoms with Crippen LogP contribution in [0.15, 0.2) is 47.4 Å². The molecule has 2 aromatic rings. The Kier molecular flexibility index (Phi) is 8.21. The Labute approximate surface area is 201 Å². The molecule has 1 fully saturated rings.